The van der Waals surface area contributed by atoms with E-state index < -0.39 is 24.6 Å². The van der Waals surface area contributed by atoms with Crippen molar-refractivity contribution in [2.45, 2.75) is 54.6 Å². The van der Waals surface area contributed by atoms with Crippen LogP contribution >= 0.6 is 11.8 Å². The summed E-state index contributed by atoms with van der Waals surface area (Å²) >= 11 is 1.65. The van der Waals surface area contributed by atoms with Crippen molar-refractivity contribution in [3.63, 3.8) is 0 Å². The Kier molecular flexibility index (Phi) is 12.0. The molecule has 6 nitrogen and oxygen atoms in total. The van der Waals surface area contributed by atoms with Crippen LogP contribution in [0.15, 0.2) is 163 Å². The predicted molar refractivity (Wildman–Crippen MR) is 202 cm³/mol. The van der Waals surface area contributed by atoms with Gasteiger partial charge in [-0.2, -0.15) is 0 Å². The minimum atomic E-state index is -0.694. The lowest BCUT2D eigenvalue weighted by Crippen LogP contribution is -2.60. The topological polar surface area (TPSA) is 55.4 Å². The van der Waals surface area contributed by atoms with E-state index in [1.807, 2.05) is 84.9 Å². The Morgan fingerprint density at radius 1 is 0.549 bits per heavy atom. The quantitative estimate of drug-likeness (QED) is 0.106. The number of rotatable bonds is 15. The fourth-order valence-corrected chi connectivity index (χ4v) is 7.42. The van der Waals surface area contributed by atoms with Crippen molar-refractivity contribution in [3.8, 4) is 11.5 Å². The lowest BCUT2D eigenvalue weighted by atomic mass is 10.00. The number of thioether (sulfide) groups is 1. The molecule has 260 valence electrons. The third-order valence-electron chi connectivity index (χ3n) is 8.86. The fourth-order valence-electron chi connectivity index (χ4n) is 6.21. The van der Waals surface area contributed by atoms with Crippen LogP contribution in [0.3, 0.4) is 0 Å². The number of methoxy groups -OCH3 is 1. The highest BCUT2D eigenvalue weighted by molar-refractivity contribution is 8.00. The molecule has 7 rings (SSSR count). The second-order valence-electron chi connectivity index (χ2n) is 12.5. The third-order valence-corrected chi connectivity index (χ3v) is 10.2. The fraction of sp³-hybridized carbons (Fsp3) is 0.227. The van der Waals surface area contributed by atoms with Crippen LogP contribution in [0, 0.1) is 0 Å². The zero-order valence-electron chi connectivity index (χ0n) is 28.6. The van der Waals surface area contributed by atoms with Crippen molar-refractivity contribution in [2.24, 2.45) is 0 Å². The van der Waals surface area contributed by atoms with Gasteiger partial charge in [0.1, 0.15) is 35.1 Å². The number of hydrogen-bond acceptors (Lipinski definition) is 7. The van der Waals surface area contributed by atoms with Crippen LogP contribution in [0.25, 0.3) is 10.8 Å². The molecule has 1 aliphatic rings. The van der Waals surface area contributed by atoms with Crippen LogP contribution in [0.5, 0.6) is 11.5 Å². The van der Waals surface area contributed by atoms with Gasteiger partial charge in [0.05, 0.1) is 33.5 Å². The molecule has 6 aromatic carbocycles. The summed E-state index contributed by atoms with van der Waals surface area (Å²) in [5, 5.41) is 1.91. The third kappa shape index (κ3) is 9.38. The molecule has 51 heavy (non-hydrogen) atoms. The van der Waals surface area contributed by atoms with E-state index in [9.17, 15) is 0 Å². The molecule has 0 spiro atoms. The summed E-state index contributed by atoms with van der Waals surface area (Å²) in [7, 11) is 1.67. The Morgan fingerprint density at radius 2 is 1.10 bits per heavy atom. The first kappa shape index (κ1) is 34.8. The van der Waals surface area contributed by atoms with Gasteiger partial charge in [-0.1, -0.05) is 121 Å². The van der Waals surface area contributed by atoms with Crippen molar-refractivity contribution < 1.29 is 28.4 Å². The Labute approximate surface area is 304 Å². The monoisotopic (exact) mass is 698 g/mol. The van der Waals surface area contributed by atoms with Gasteiger partial charge in [0.15, 0.2) is 0 Å². The SMILES string of the molecule is COc1ccc(S[C@H]2[C@H](Oc3ccc4ccccc4c3)O[C@H](COCc3ccccc3)[C@@H](OCc3ccccc3)[C@@H]2OCc2ccccc2)cc1. The summed E-state index contributed by atoms with van der Waals surface area (Å²) in [6, 6.07) is 53.0. The van der Waals surface area contributed by atoms with Gasteiger partial charge in [-0.25, -0.2) is 0 Å². The highest BCUT2D eigenvalue weighted by atomic mass is 32.2. The van der Waals surface area contributed by atoms with E-state index >= 15 is 0 Å². The summed E-state index contributed by atoms with van der Waals surface area (Å²) in [5.41, 5.74) is 3.23. The lowest BCUT2D eigenvalue weighted by Gasteiger charge is -2.45. The zero-order chi connectivity index (χ0) is 34.7. The van der Waals surface area contributed by atoms with E-state index in [1.54, 1.807) is 18.9 Å². The van der Waals surface area contributed by atoms with Crippen molar-refractivity contribution in [2.75, 3.05) is 13.7 Å². The van der Waals surface area contributed by atoms with Crippen molar-refractivity contribution in [3.05, 3.63) is 174 Å². The van der Waals surface area contributed by atoms with Crippen molar-refractivity contribution >= 4 is 22.5 Å². The number of benzene rings is 6. The molecule has 0 bridgehead atoms. The van der Waals surface area contributed by atoms with E-state index in [2.05, 4.69) is 72.8 Å². The Hall–Kier alpha value is -4.63. The summed E-state index contributed by atoms with van der Waals surface area (Å²) < 4.78 is 39.4. The Bertz CT molecular complexity index is 1920. The molecule has 5 atom stereocenters. The van der Waals surface area contributed by atoms with Gasteiger partial charge < -0.3 is 28.4 Å². The molecule has 1 heterocycles. The maximum Gasteiger partial charge on any atom is 0.215 e. The second kappa shape index (κ2) is 17.5. The number of fused-ring (bicyclic) bond motifs is 1. The van der Waals surface area contributed by atoms with E-state index in [4.69, 9.17) is 28.4 Å². The van der Waals surface area contributed by atoms with Crippen LogP contribution in [0.2, 0.25) is 0 Å². The molecule has 6 aromatic rings. The average molecular weight is 699 g/mol. The van der Waals surface area contributed by atoms with Crippen LogP contribution in [-0.4, -0.2) is 43.6 Å². The molecule has 0 N–H and O–H groups in total. The van der Waals surface area contributed by atoms with Gasteiger partial charge in [-0.3, -0.25) is 0 Å². The molecule has 1 saturated heterocycles. The highest BCUT2D eigenvalue weighted by Crippen LogP contribution is 2.40. The van der Waals surface area contributed by atoms with E-state index in [0.29, 0.717) is 25.6 Å². The van der Waals surface area contributed by atoms with Crippen molar-refractivity contribution in [1.82, 2.24) is 0 Å². The smallest absolute Gasteiger partial charge is 0.215 e. The minimum absolute atomic E-state index is 0.289. The predicted octanol–water partition coefficient (Wildman–Crippen LogP) is 9.50. The molecule has 0 amide bonds. The average Bonchev–Trinajstić information content (AvgIpc) is 3.19. The maximum absolute atomic E-state index is 6.96. The highest BCUT2D eigenvalue weighted by Gasteiger charge is 2.49. The Balaban J connectivity index is 1.24. The van der Waals surface area contributed by atoms with E-state index in [0.717, 1.165) is 38.1 Å². The first-order chi connectivity index (χ1) is 25.2. The van der Waals surface area contributed by atoms with Crippen LogP contribution < -0.4 is 9.47 Å². The minimum Gasteiger partial charge on any atom is -0.497 e. The molecule has 0 saturated carbocycles. The first-order valence-electron chi connectivity index (χ1n) is 17.3. The summed E-state index contributed by atoms with van der Waals surface area (Å²) in [6.45, 7) is 1.53. The molecule has 7 heteroatoms. The lowest BCUT2D eigenvalue weighted by molar-refractivity contribution is -0.253. The molecule has 0 radical (unpaired) electrons. The van der Waals surface area contributed by atoms with Gasteiger partial charge in [0, 0.05) is 4.90 Å². The first-order valence-corrected chi connectivity index (χ1v) is 18.1. The molecule has 0 aliphatic carbocycles. The Morgan fingerprint density at radius 3 is 1.73 bits per heavy atom. The largest absolute Gasteiger partial charge is 0.497 e. The van der Waals surface area contributed by atoms with Crippen LogP contribution in [0.4, 0.5) is 0 Å². The van der Waals surface area contributed by atoms with E-state index in [-0.39, 0.29) is 11.9 Å². The molecular formula is C44H42O6S. The van der Waals surface area contributed by atoms with Gasteiger partial charge in [0.2, 0.25) is 6.29 Å². The van der Waals surface area contributed by atoms with E-state index in [1.165, 1.54) is 0 Å². The normalized spacial score (nSPS) is 20.2. The van der Waals surface area contributed by atoms with Crippen LogP contribution in [-0.2, 0) is 38.8 Å². The molecule has 1 aliphatic heterocycles. The molecule has 1 fully saturated rings. The molecule has 0 aromatic heterocycles. The van der Waals surface area contributed by atoms with Gasteiger partial charge >= 0.3 is 0 Å². The van der Waals surface area contributed by atoms with Crippen molar-refractivity contribution in [1.29, 1.82) is 0 Å². The van der Waals surface area contributed by atoms with Crippen LogP contribution in [0.1, 0.15) is 16.7 Å². The zero-order valence-corrected chi connectivity index (χ0v) is 29.4. The summed E-state index contributed by atoms with van der Waals surface area (Å²) in [5.74, 6) is 1.51. The maximum atomic E-state index is 6.96. The van der Waals surface area contributed by atoms with Gasteiger partial charge in [-0.05, 0) is 63.9 Å². The summed E-state index contributed by atoms with van der Waals surface area (Å²) in [6.07, 6.45) is -2.10. The van der Waals surface area contributed by atoms with Gasteiger partial charge in [-0.15, -0.1) is 11.8 Å². The summed E-state index contributed by atoms with van der Waals surface area (Å²) in [4.78, 5) is 1.03. The second-order valence-corrected chi connectivity index (χ2v) is 13.7. The number of ether oxygens (including phenoxy) is 6. The number of hydrogen-bond donors (Lipinski definition) is 0. The van der Waals surface area contributed by atoms with Gasteiger partial charge in [0.25, 0.3) is 0 Å². The molecular weight excluding hydrogens is 657 g/mol. The molecule has 0 unspecified atom stereocenters. The standard InChI is InChI=1S/C44H42O6S/c1-45-37-23-25-39(26-24-37)51-43-42(48-30-34-17-9-4-10-18-34)41(47-29-33-15-7-3-8-16-33)40(31-46-28-32-13-5-2-6-14-32)50-44(43)49-38-22-21-35-19-11-12-20-36(35)27-38/h2-27,40-44H,28-31H2,1H3/t40-,41-,42+,43-,44-/m1/s1.